The Bertz CT molecular complexity index is 812. The van der Waals surface area contributed by atoms with E-state index in [1.807, 2.05) is 49.4 Å². The third-order valence-electron chi connectivity index (χ3n) is 3.41. The fourth-order valence-electron chi connectivity index (χ4n) is 2.25. The number of amides is 1. The molecular formula is C18H13N3O. The van der Waals surface area contributed by atoms with Crippen molar-refractivity contribution in [2.75, 3.05) is 5.01 Å². The molecule has 0 fully saturated rings. The summed E-state index contributed by atoms with van der Waals surface area (Å²) < 4.78 is 0. The molecule has 2 aromatic rings. The van der Waals surface area contributed by atoms with E-state index in [0.29, 0.717) is 16.8 Å². The molecule has 106 valence electrons. The minimum absolute atomic E-state index is 0.145. The Kier molecular flexibility index (Phi) is 3.55. The van der Waals surface area contributed by atoms with Crippen molar-refractivity contribution in [1.29, 1.82) is 5.26 Å². The van der Waals surface area contributed by atoms with Crippen LogP contribution in [0.4, 0.5) is 5.69 Å². The number of rotatable bonds is 2. The van der Waals surface area contributed by atoms with Gasteiger partial charge in [-0.3, -0.25) is 4.79 Å². The molecule has 0 aliphatic carbocycles. The Labute approximate surface area is 128 Å². The predicted molar refractivity (Wildman–Crippen MR) is 86.2 cm³/mol. The minimum Gasteiger partial charge on any atom is -0.267 e. The molecule has 0 saturated heterocycles. The number of hydrogen-bond donors (Lipinski definition) is 0. The number of anilines is 1. The quantitative estimate of drug-likeness (QED) is 0.795. The third-order valence-corrected chi connectivity index (χ3v) is 3.41. The Balaban J connectivity index is 1.92. The highest BCUT2D eigenvalue weighted by molar-refractivity contribution is 6.32. The number of nitrogens with zero attached hydrogens (tertiary/aromatic N) is 3. The summed E-state index contributed by atoms with van der Waals surface area (Å²) in [4.78, 5) is 12.5. The van der Waals surface area contributed by atoms with Crippen molar-refractivity contribution in [1.82, 2.24) is 0 Å². The number of benzene rings is 2. The van der Waals surface area contributed by atoms with Crippen molar-refractivity contribution in [3.05, 3.63) is 71.3 Å². The molecule has 0 saturated carbocycles. The van der Waals surface area contributed by atoms with E-state index in [1.54, 1.807) is 18.2 Å². The number of carbonyl (C=O) groups is 1. The van der Waals surface area contributed by atoms with Gasteiger partial charge >= 0.3 is 0 Å². The maximum Gasteiger partial charge on any atom is 0.280 e. The highest BCUT2D eigenvalue weighted by Crippen LogP contribution is 2.24. The van der Waals surface area contributed by atoms with Gasteiger partial charge in [0.2, 0.25) is 0 Å². The van der Waals surface area contributed by atoms with Gasteiger partial charge in [-0.25, -0.2) is 0 Å². The Morgan fingerprint density at radius 2 is 1.77 bits per heavy atom. The van der Waals surface area contributed by atoms with Crippen LogP contribution in [0.2, 0.25) is 0 Å². The molecule has 3 rings (SSSR count). The van der Waals surface area contributed by atoms with Gasteiger partial charge in [-0.05, 0) is 42.8 Å². The smallest absolute Gasteiger partial charge is 0.267 e. The summed E-state index contributed by atoms with van der Waals surface area (Å²) in [6.07, 6.45) is 1.80. The highest BCUT2D eigenvalue weighted by atomic mass is 16.2. The number of nitriles is 1. The Morgan fingerprint density at radius 3 is 2.41 bits per heavy atom. The van der Waals surface area contributed by atoms with E-state index in [2.05, 4.69) is 11.2 Å². The summed E-state index contributed by atoms with van der Waals surface area (Å²) in [5.74, 6) is -0.145. The second-order valence-corrected chi connectivity index (χ2v) is 4.93. The second kappa shape index (κ2) is 5.66. The van der Waals surface area contributed by atoms with Crippen molar-refractivity contribution in [3.8, 4) is 6.07 Å². The van der Waals surface area contributed by atoms with E-state index in [9.17, 15) is 4.79 Å². The van der Waals surface area contributed by atoms with Gasteiger partial charge in [-0.15, -0.1) is 0 Å². The molecule has 1 amide bonds. The van der Waals surface area contributed by atoms with E-state index >= 15 is 0 Å². The van der Waals surface area contributed by atoms with Gasteiger partial charge < -0.3 is 0 Å². The maximum atomic E-state index is 12.5. The number of hydrazone groups is 1. The molecule has 0 spiro atoms. The summed E-state index contributed by atoms with van der Waals surface area (Å²) in [6, 6.07) is 18.5. The summed E-state index contributed by atoms with van der Waals surface area (Å²) in [5, 5.41) is 14.6. The van der Waals surface area contributed by atoms with E-state index in [1.165, 1.54) is 5.01 Å². The minimum atomic E-state index is -0.145. The molecule has 0 atom stereocenters. The number of hydrogen-bond acceptors (Lipinski definition) is 3. The van der Waals surface area contributed by atoms with Crippen LogP contribution in [0, 0.1) is 11.3 Å². The molecule has 1 aliphatic rings. The molecule has 0 bridgehead atoms. The zero-order valence-electron chi connectivity index (χ0n) is 12.0. The van der Waals surface area contributed by atoms with Gasteiger partial charge in [0.05, 0.1) is 28.6 Å². The molecular weight excluding hydrogens is 274 g/mol. The first-order chi connectivity index (χ1) is 10.7. The first-order valence-corrected chi connectivity index (χ1v) is 6.86. The van der Waals surface area contributed by atoms with Crippen LogP contribution in [0.1, 0.15) is 18.1 Å². The lowest BCUT2D eigenvalue weighted by Crippen LogP contribution is -2.21. The molecule has 1 aliphatic heterocycles. The lowest BCUT2D eigenvalue weighted by atomic mass is 10.1. The average Bonchev–Trinajstić information content (AvgIpc) is 2.84. The molecule has 0 unspecified atom stereocenters. The molecule has 0 N–H and O–H groups in total. The topological polar surface area (TPSA) is 56.5 Å². The SMILES string of the molecule is CC1=NN(c2ccccc2)C(=O)/C1=C/c1ccc(C#N)cc1. The normalized spacial score (nSPS) is 15.8. The van der Waals surface area contributed by atoms with Gasteiger partial charge in [0, 0.05) is 0 Å². The van der Waals surface area contributed by atoms with Crippen LogP contribution in [-0.4, -0.2) is 11.6 Å². The average molecular weight is 287 g/mol. The third kappa shape index (κ3) is 2.52. The first-order valence-electron chi connectivity index (χ1n) is 6.86. The van der Waals surface area contributed by atoms with Crippen molar-refractivity contribution < 1.29 is 4.79 Å². The van der Waals surface area contributed by atoms with Crippen LogP contribution < -0.4 is 5.01 Å². The molecule has 4 nitrogen and oxygen atoms in total. The number of carbonyl (C=O) groups excluding carboxylic acids is 1. The standard InChI is InChI=1S/C18H13N3O/c1-13-17(11-14-7-9-15(12-19)10-8-14)18(22)21(20-13)16-5-3-2-4-6-16/h2-11H,1H3/b17-11+. The van der Waals surface area contributed by atoms with Crippen LogP contribution in [0.3, 0.4) is 0 Å². The van der Waals surface area contributed by atoms with Crippen molar-refractivity contribution in [2.24, 2.45) is 5.10 Å². The Hall–Kier alpha value is -3.19. The zero-order chi connectivity index (χ0) is 15.5. The predicted octanol–water partition coefficient (Wildman–Crippen LogP) is 3.36. The Morgan fingerprint density at radius 1 is 1.09 bits per heavy atom. The van der Waals surface area contributed by atoms with Crippen LogP contribution in [-0.2, 0) is 4.79 Å². The first kappa shape index (κ1) is 13.8. The van der Waals surface area contributed by atoms with Gasteiger partial charge in [0.15, 0.2) is 0 Å². The van der Waals surface area contributed by atoms with Crippen molar-refractivity contribution >= 4 is 23.4 Å². The fraction of sp³-hybridized carbons (Fsp3) is 0.0556. The zero-order valence-corrected chi connectivity index (χ0v) is 12.0. The van der Waals surface area contributed by atoms with Gasteiger partial charge in [-0.2, -0.15) is 15.4 Å². The fourth-order valence-corrected chi connectivity index (χ4v) is 2.25. The van der Waals surface area contributed by atoms with E-state index < -0.39 is 0 Å². The molecule has 2 aromatic carbocycles. The maximum absolute atomic E-state index is 12.5. The highest BCUT2D eigenvalue weighted by Gasteiger charge is 2.28. The molecule has 22 heavy (non-hydrogen) atoms. The van der Waals surface area contributed by atoms with E-state index in [-0.39, 0.29) is 5.91 Å². The second-order valence-electron chi connectivity index (χ2n) is 4.93. The summed E-state index contributed by atoms with van der Waals surface area (Å²) in [5.41, 5.74) is 3.45. The van der Waals surface area contributed by atoms with Gasteiger partial charge in [-0.1, -0.05) is 30.3 Å². The van der Waals surface area contributed by atoms with Gasteiger partial charge in [0.25, 0.3) is 5.91 Å². The van der Waals surface area contributed by atoms with Crippen LogP contribution in [0.25, 0.3) is 6.08 Å². The summed E-state index contributed by atoms with van der Waals surface area (Å²) in [7, 11) is 0. The molecule has 0 radical (unpaired) electrons. The van der Waals surface area contributed by atoms with Gasteiger partial charge in [0.1, 0.15) is 0 Å². The van der Waals surface area contributed by atoms with Crippen molar-refractivity contribution in [3.63, 3.8) is 0 Å². The monoisotopic (exact) mass is 287 g/mol. The molecule has 0 aromatic heterocycles. The summed E-state index contributed by atoms with van der Waals surface area (Å²) in [6.45, 7) is 1.82. The van der Waals surface area contributed by atoms with E-state index in [4.69, 9.17) is 5.26 Å². The molecule has 1 heterocycles. The van der Waals surface area contributed by atoms with Crippen LogP contribution in [0.5, 0.6) is 0 Å². The number of para-hydroxylation sites is 1. The molecule has 4 heteroatoms. The lowest BCUT2D eigenvalue weighted by Gasteiger charge is -2.10. The summed E-state index contributed by atoms with van der Waals surface area (Å²) >= 11 is 0. The van der Waals surface area contributed by atoms with Crippen LogP contribution >= 0.6 is 0 Å². The lowest BCUT2D eigenvalue weighted by molar-refractivity contribution is -0.114. The largest absolute Gasteiger partial charge is 0.280 e. The van der Waals surface area contributed by atoms with E-state index in [0.717, 1.165) is 11.3 Å². The van der Waals surface area contributed by atoms with Crippen LogP contribution in [0.15, 0.2) is 65.3 Å². The van der Waals surface area contributed by atoms with Crippen molar-refractivity contribution in [2.45, 2.75) is 6.92 Å².